The van der Waals surface area contributed by atoms with Crippen molar-refractivity contribution in [2.75, 3.05) is 6.61 Å². The minimum atomic E-state index is -1.13. The van der Waals surface area contributed by atoms with E-state index in [1.807, 2.05) is 127 Å². The number of fused-ring (bicyclic) bond motifs is 16. The van der Waals surface area contributed by atoms with Crippen LogP contribution in [0.15, 0.2) is 151 Å². The highest BCUT2D eigenvalue weighted by molar-refractivity contribution is 7.13. The van der Waals surface area contributed by atoms with Gasteiger partial charge >= 0.3 is 5.97 Å². The van der Waals surface area contributed by atoms with Gasteiger partial charge in [0.15, 0.2) is 11.6 Å². The molecule has 0 unspecified atom stereocenters. The highest BCUT2D eigenvalue weighted by Crippen LogP contribution is 2.27. The van der Waals surface area contributed by atoms with Crippen LogP contribution in [-0.4, -0.2) is 53.1 Å². The molecule has 9 nitrogen and oxygen atoms in total. The number of Topliss-reactive ketones (excluding diaryl/α,β-unsaturated/α-hetero) is 2. The minimum Gasteiger partial charge on any atom is -0.486 e. The SMILES string of the molecule is O=C1COc2ccc(cc2)C[C@@H](C(=O)O)CC(=O)[C@H](CCc2ccccc2)NC(=O)[C@@H](Cc2ccc(-c3ccccc3)cc2)NC(=O)[C@H](Cc2ccc(-c3cccs3)cc2)C1. The summed E-state index contributed by atoms with van der Waals surface area (Å²) in [4.78, 5) is 70.4. The molecular weight excluding hydrogens is 785 g/mol. The van der Waals surface area contributed by atoms with Crippen molar-refractivity contribution < 1.29 is 33.8 Å². The zero-order chi connectivity index (χ0) is 42.6. The molecule has 61 heavy (non-hydrogen) atoms. The Labute approximate surface area is 359 Å². The Morgan fingerprint density at radius 3 is 1.89 bits per heavy atom. The summed E-state index contributed by atoms with van der Waals surface area (Å²) in [5.41, 5.74) is 6.31. The van der Waals surface area contributed by atoms with Crippen LogP contribution in [0, 0.1) is 11.8 Å². The number of hydrogen-bond acceptors (Lipinski definition) is 7. The second kappa shape index (κ2) is 20.5. The van der Waals surface area contributed by atoms with Crippen molar-refractivity contribution in [1.29, 1.82) is 0 Å². The molecule has 2 aliphatic rings. The van der Waals surface area contributed by atoms with Crippen molar-refractivity contribution in [3.63, 3.8) is 0 Å². The van der Waals surface area contributed by atoms with E-state index in [0.29, 0.717) is 17.7 Å². The van der Waals surface area contributed by atoms with Crippen LogP contribution in [-0.2, 0) is 49.7 Å². The first-order valence-corrected chi connectivity index (χ1v) is 21.5. The van der Waals surface area contributed by atoms with Crippen molar-refractivity contribution in [2.45, 2.75) is 57.0 Å². The highest BCUT2D eigenvalue weighted by atomic mass is 32.1. The number of carboxylic acids is 1. The number of carboxylic acid groups (broad SMARTS) is 1. The number of amides is 2. The van der Waals surface area contributed by atoms with Crippen LogP contribution in [0.2, 0.25) is 0 Å². The average Bonchev–Trinajstić information content (AvgIpc) is 3.83. The molecule has 310 valence electrons. The number of benzene rings is 5. The fraction of sp³-hybridized carbons (Fsp3) is 0.235. The van der Waals surface area contributed by atoms with Gasteiger partial charge in [-0.05, 0) is 88.2 Å². The monoisotopic (exact) mass is 832 g/mol. The van der Waals surface area contributed by atoms with Gasteiger partial charge in [0.25, 0.3) is 0 Å². The maximum Gasteiger partial charge on any atom is 0.307 e. The van der Waals surface area contributed by atoms with Gasteiger partial charge < -0.3 is 20.5 Å². The molecule has 1 aromatic heterocycles. The molecule has 2 bridgehead atoms. The Balaban J connectivity index is 1.21. The van der Waals surface area contributed by atoms with Gasteiger partial charge in [-0.2, -0.15) is 0 Å². The maximum atomic E-state index is 14.6. The number of nitrogens with one attached hydrogen (secondary N) is 2. The van der Waals surface area contributed by atoms with E-state index in [-0.39, 0.29) is 50.9 Å². The number of thiophene rings is 1. The van der Waals surface area contributed by atoms with Gasteiger partial charge in [0.2, 0.25) is 11.8 Å². The Kier molecular flexibility index (Phi) is 14.3. The fourth-order valence-corrected chi connectivity index (χ4v) is 8.40. The van der Waals surface area contributed by atoms with Gasteiger partial charge in [0.1, 0.15) is 18.4 Å². The normalized spacial score (nSPS) is 19.1. The molecule has 0 fully saturated rings. The predicted molar refractivity (Wildman–Crippen MR) is 237 cm³/mol. The lowest BCUT2D eigenvalue weighted by molar-refractivity contribution is -0.144. The average molecular weight is 833 g/mol. The molecule has 0 saturated heterocycles. The second-order valence-corrected chi connectivity index (χ2v) is 16.5. The third kappa shape index (κ3) is 12.0. The molecule has 4 atom stereocenters. The lowest BCUT2D eigenvalue weighted by atomic mass is 9.90. The van der Waals surface area contributed by atoms with Crippen LogP contribution in [0.1, 0.15) is 41.5 Å². The third-order valence-electron chi connectivity index (χ3n) is 11.1. The molecule has 3 N–H and O–H groups in total. The number of ether oxygens (including phenoxy) is 1. The third-order valence-corrected chi connectivity index (χ3v) is 12.0. The summed E-state index contributed by atoms with van der Waals surface area (Å²) in [6, 6.07) is 43.7. The molecule has 2 amide bonds. The molecule has 6 aromatic rings. The van der Waals surface area contributed by atoms with E-state index in [1.165, 1.54) is 0 Å². The molecular formula is C51H48N2O7S. The van der Waals surface area contributed by atoms with Gasteiger partial charge in [0.05, 0.1) is 12.0 Å². The number of hydrogen-bond donors (Lipinski definition) is 3. The zero-order valence-electron chi connectivity index (χ0n) is 33.7. The van der Waals surface area contributed by atoms with Crippen molar-refractivity contribution in [3.05, 3.63) is 173 Å². The van der Waals surface area contributed by atoms with Crippen LogP contribution in [0.25, 0.3) is 21.6 Å². The van der Waals surface area contributed by atoms with Gasteiger partial charge in [-0.25, -0.2) is 0 Å². The summed E-state index contributed by atoms with van der Waals surface area (Å²) < 4.78 is 5.84. The number of aryl methyl sites for hydroxylation is 1. The van der Waals surface area contributed by atoms with Crippen molar-refractivity contribution >= 4 is 40.7 Å². The topological polar surface area (TPSA) is 139 Å². The van der Waals surface area contributed by atoms with E-state index in [0.717, 1.165) is 38.3 Å². The summed E-state index contributed by atoms with van der Waals surface area (Å²) in [6.07, 6.45) is 0.612. The lowest BCUT2D eigenvalue weighted by Gasteiger charge is -2.26. The van der Waals surface area contributed by atoms with E-state index in [9.17, 15) is 29.1 Å². The number of rotatable bonds is 10. The highest BCUT2D eigenvalue weighted by Gasteiger charge is 2.32. The summed E-state index contributed by atoms with van der Waals surface area (Å²) in [5.74, 6) is -4.41. The molecule has 8 rings (SSSR count). The first kappa shape index (κ1) is 42.5. The Bertz CT molecular complexity index is 2400. The number of aliphatic carboxylic acids is 1. The standard InChI is InChI=1S/C51H48N2O7S/c54-43-31-41(28-35-15-22-40(23-16-35)48-12-7-27-61-48)49(56)53-46(30-37-13-20-39(21-14-37)38-10-5-2-6-11-38)50(57)52-45(26-19-34-8-3-1-4-9-34)47(55)32-42(51(58)59)29-36-17-24-44(25-18-36)60-33-43/h1-18,20-25,27,41-42,45-46H,19,26,28-33H2,(H,52,57)(H,53,56)(H,58,59)/t41-,42-,45+,46-/m1/s1. The number of carbonyl (C=O) groups excluding carboxylic acids is 4. The van der Waals surface area contributed by atoms with E-state index < -0.39 is 47.5 Å². The van der Waals surface area contributed by atoms with Gasteiger partial charge in [-0.15, -0.1) is 11.3 Å². The van der Waals surface area contributed by atoms with E-state index in [1.54, 1.807) is 35.6 Å². The van der Waals surface area contributed by atoms with Crippen molar-refractivity contribution in [3.8, 4) is 27.3 Å². The van der Waals surface area contributed by atoms with E-state index in [4.69, 9.17) is 4.74 Å². The Morgan fingerprint density at radius 1 is 0.607 bits per heavy atom. The molecule has 0 spiro atoms. The quantitative estimate of drug-likeness (QED) is 0.126. The number of ketones is 2. The second-order valence-electron chi connectivity index (χ2n) is 15.6. The fourth-order valence-electron chi connectivity index (χ4n) is 7.67. The van der Waals surface area contributed by atoms with Gasteiger partial charge in [-0.3, -0.25) is 24.0 Å². The summed E-state index contributed by atoms with van der Waals surface area (Å²) in [7, 11) is 0. The summed E-state index contributed by atoms with van der Waals surface area (Å²) in [6.45, 7) is -0.284. The zero-order valence-corrected chi connectivity index (χ0v) is 34.5. The molecule has 0 aliphatic carbocycles. The van der Waals surface area contributed by atoms with Gasteiger partial charge in [-0.1, -0.05) is 127 Å². The smallest absolute Gasteiger partial charge is 0.307 e. The van der Waals surface area contributed by atoms with Crippen LogP contribution in [0.3, 0.4) is 0 Å². The molecule has 2 aliphatic heterocycles. The van der Waals surface area contributed by atoms with E-state index >= 15 is 0 Å². The Morgan fingerprint density at radius 2 is 1.23 bits per heavy atom. The lowest BCUT2D eigenvalue weighted by Crippen LogP contribution is -2.54. The molecule has 3 heterocycles. The van der Waals surface area contributed by atoms with Crippen LogP contribution in [0.5, 0.6) is 5.75 Å². The van der Waals surface area contributed by atoms with Crippen LogP contribution < -0.4 is 15.4 Å². The molecule has 0 saturated carbocycles. The summed E-state index contributed by atoms with van der Waals surface area (Å²) in [5, 5.41) is 18.2. The maximum absolute atomic E-state index is 14.6. The first-order valence-electron chi connectivity index (χ1n) is 20.6. The summed E-state index contributed by atoms with van der Waals surface area (Å²) >= 11 is 1.63. The predicted octanol–water partition coefficient (Wildman–Crippen LogP) is 8.34. The van der Waals surface area contributed by atoms with Crippen molar-refractivity contribution in [1.82, 2.24) is 10.6 Å². The van der Waals surface area contributed by atoms with Gasteiger partial charge in [0, 0.05) is 30.1 Å². The molecule has 5 aromatic carbocycles. The minimum absolute atomic E-state index is 0.0767. The van der Waals surface area contributed by atoms with Crippen LogP contribution >= 0.6 is 11.3 Å². The molecule has 0 radical (unpaired) electrons. The largest absolute Gasteiger partial charge is 0.486 e. The molecule has 10 heteroatoms. The Hall–Kier alpha value is -6.65. The van der Waals surface area contributed by atoms with Crippen LogP contribution in [0.4, 0.5) is 0 Å². The first-order chi connectivity index (χ1) is 29.7. The van der Waals surface area contributed by atoms with Crippen molar-refractivity contribution in [2.24, 2.45) is 11.8 Å². The van der Waals surface area contributed by atoms with E-state index in [2.05, 4.69) is 10.6 Å². The number of carbonyl (C=O) groups is 5.